The Kier molecular flexibility index (Phi) is 10.6. The molecule has 2 aromatic rings. The van der Waals surface area contributed by atoms with Crippen LogP contribution in [0.5, 0.6) is 0 Å². The number of fused-ring (bicyclic) bond motifs is 1. The molecule has 1 fully saturated rings. The van der Waals surface area contributed by atoms with Crippen LogP contribution in [-0.2, 0) is 9.53 Å². The third kappa shape index (κ3) is 8.81. The van der Waals surface area contributed by atoms with Crippen LogP contribution in [0.15, 0.2) is 42.0 Å². The fraction of sp³-hybridized carbons (Fsp3) is 0.500. The lowest BCUT2D eigenvalue weighted by Gasteiger charge is -2.34. The summed E-state index contributed by atoms with van der Waals surface area (Å²) in [6, 6.07) is 14.4. The van der Waals surface area contributed by atoms with Crippen LogP contribution in [-0.4, -0.2) is 63.3 Å². The van der Waals surface area contributed by atoms with E-state index in [1.165, 1.54) is 25.6 Å². The highest BCUT2D eigenvalue weighted by atomic mass is 16.5. The molecular formula is C28H40N4O2. The molecule has 1 N–H and O–H groups in total. The molecule has 1 heterocycles. The Morgan fingerprint density at radius 1 is 1.12 bits per heavy atom. The number of carbonyl (C=O) groups is 1. The van der Waals surface area contributed by atoms with Gasteiger partial charge in [-0.2, -0.15) is 5.26 Å². The van der Waals surface area contributed by atoms with Crippen molar-refractivity contribution in [1.82, 2.24) is 10.2 Å². The van der Waals surface area contributed by atoms with Gasteiger partial charge in [0.1, 0.15) is 11.6 Å². The number of hydrogen-bond donors (Lipinski definition) is 1. The highest BCUT2D eigenvalue weighted by molar-refractivity contribution is 6.02. The van der Waals surface area contributed by atoms with Crippen molar-refractivity contribution in [1.29, 1.82) is 5.26 Å². The van der Waals surface area contributed by atoms with Gasteiger partial charge in [-0.25, -0.2) is 0 Å². The van der Waals surface area contributed by atoms with Crippen LogP contribution < -0.4 is 10.2 Å². The minimum Gasteiger partial charge on any atom is -0.376 e. The van der Waals surface area contributed by atoms with Gasteiger partial charge in [-0.05, 0) is 74.9 Å². The lowest BCUT2D eigenvalue weighted by Crippen LogP contribution is -2.44. The van der Waals surface area contributed by atoms with Gasteiger partial charge in [0.25, 0.3) is 5.91 Å². The molecular weight excluding hydrogens is 424 g/mol. The molecule has 184 valence electrons. The van der Waals surface area contributed by atoms with Crippen LogP contribution in [0, 0.1) is 11.3 Å². The highest BCUT2D eigenvalue weighted by Gasteiger charge is 2.14. The van der Waals surface area contributed by atoms with Gasteiger partial charge >= 0.3 is 0 Å². The molecule has 2 aromatic carbocycles. The van der Waals surface area contributed by atoms with E-state index in [-0.39, 0.29) is 17.1 Å². The zero-order valence-corrected chi connectivity index (χ0v) is 21.6. The summed E-state index contributed by atoms with van der Waals surface area (Å²) in [5, 5.41) is 13.9. The van der Waals surface area contributed by atoms with Crippen molar-refractivity contribution in [2.24, 2.45) is 0 Å². The van der Waals surface area contributed by atoms with Crippen molar-refractivity contribution in [3.63, 3.8) is 0 Å². The number of anilines is 1. The summed E-state index contributed by atoms with van der Waals surface area (Å²) in [5.74, 6) is -0.368. The Balaban J connectivity index is 0.000000387. The van der Waals surface area contributed by atoms with Crippen LogP contribution in [0.25, 0.3) is 16.8 Å². The third-order valence-electron chi connectivity index (χ3n) is 5.65. The quantitative estimate of drug-likeness (QED) is 0.376. The van der Waals surface area contributed by atoms with E-state index in [1.54, 1.807) is 6.08 Å². The summed E-state index contributed by atoms with van der Waals surface area (Å²) < 4.78 is 5.47. The van der Waals surface area contributed by atoms with Gasteiger partial charge in [-0.3, -0.25) is 4.79 Å². The number of ether oxygens (including phenoxy) is 1. The standard InChI is InChI=1S/C20H22N4O.C8H18O/c1-22-20(25)18(14-21)12-15-3-4-17-13-19(6-5-16(17)11-15)24-9-7-23(2)8-10-24;1-5-6-7-9-8(2,3)4/h3-6,11-13H,7-10H2,1-2H3,(H,22,25);5-7H2,1-4H3/b18-12+;. The molecule has 0 aromatic heterocycles. The van der Waals surface area contributed by atoms with E-state index in [2.05, 4.69) is 68.1 Å². The maximum atomic E-state index is 11.6. The molecule has 1 saturated heterocycles. The van der Waals surface area contributed by atoms with Gasteiger partial charge in [-0.15, -0.1) is 0 Å². The number of rotatable bonds is 6. The van der Waals surface area contributed by atoms with Crippen LogP contribution in [0.2, 0.25) is 0 Å². The molecule has 1 amide bonds. The van der Waals surface area contributed by atoms with Gasteiger partial charge in [0.05, 0.1) is 5.60 Å². The molecule has 0 atom stereocenters. The summed E-state index contributed by atoms with van der Waals surface area (Å²) in [6.07, 6.45) is 4.01. The van der Waals surface area contributed by atoms with Crippen molar-refractivity contribution in [2.75, 3.05) is 51.8 Å². The second-order valence-electron chi connectivity index (χ2n) is 9.64. The van der Waals surface area contributed by atoms with Gasteiger partial charge in [0.15, 0.2) is 0 Å². The zero-order valence-electron chi connectivity index (χ0n) is 21.6. The van der Waals surface area contributed by atoms with Crippen molar-refractivity contribution in [3.8, 4) is 6.07 Å². The lowest BCUT2D eigenvalue weighted by atomic mass is 10.0. The Bertz CT molecular complexity index is 1010. The van der Waals surface area contributed by atoms with Crippen LogP contribution in [0.4, 0.5) is 5.69 Å². The fourth-order valence-corrected chi connectivity index (χ4v) is 3.58. The number of carbonyl (C=O) groups excluding carboxylic acids is 1. The van der Waals surface area contributed by atoms with E-state index in [1.807, 2.05) is 24.3 Å². The molecule has 1 aliphatic heterocycles. The number of unbranched alkanes of at least 4 members (excludes halogenated alkanes) is 1. The summed E-state index contributed by atoms with van der Waals surface area (Å²) in [6.45, 7) is 13.6. The monoisotopic (exact) mass is 464 g/mol. The van der Waals surface area contributed by atoms with Crippen molar-refractivity contribution in [2.45, 2.75) is 46.1 Å². The maximum Gasteiger partial charge on any atom is 0.261 e. The van der Waals surface area contributed by atoms with Crippen LogP contribution in [0.3, 0.4) is 0 Å². The molecule has 0 radical (unpaired) electrons. The smallest absolute Gasteiger partial charge is 0.261 e. The van der Waals surface area contributed by atoms with Gasteiger partial charge in [0, 0.05) is 45.5 Å². The molecule has 6 heteroatoms. The molecule has 0 spiro atoms. The molecule has 6 nitrogen and oxygen atoms in total. The second kappa shape index (κ2) is 13.1. The number of benzene rings is 2. The topological polar surface area (TPSA) is 68.6 Å². The Morgan fingerprint density at radius 3 is 2.35 bits per heavy atom. The predicted molar refractivity (Wildman–Crippen MR) is 142 cm³/mol. The number of nitrogens with zero attached hydrogens (tertiary/aromatic N) is 3. The van der Waals surface area contributed by atoms with E-state index in [0.717, 1.165) is 49.1 Å². The van der Waals surface area contributed by atoms with Crippen molar-refractivity contribution < 1.29 is 9.53 Å². The van der Waals surface area contributed by atoms with E-state index in [9.17, 15) is 4.79 Å². The van der Waals surface area contributed by atoms with Crippen LogP contribution >= 0.6 is 0 Å². The Hall–Kier alpha value is -2.88. The molecule has 3 rings (SSSR count). The zero-order chi connectivity index (χ0) is 25.1. The fourth-order valence-electron chi connectivity index (χ4n) is 3.58. The van der Waals surface area contributed by atoms with E-state index < -0.39 is 0 Å². The number of likely N-dealkylation sites (N-methyl/N-ethyl adjacent to an activating group) is 2. The molecule has 34 heavy (non-hydrogen) atoms. The Labute approximate surface area is 205 Å². The number of hydrogen-bond acceptors (Lipinski definition) is 5. The first-order chi connectivity index (χ1) is 16.2. The minimum atomic E-state index is -0.368. The maximum absolute atomic E-state index is 11.6. The molecule has 1 aliphatic rings. The minimum absolute atomic E-state index is 0.0508. The lowest BCUT2D eigenvalue weighted by molar-refractivity contribution is -0.116. The normalized spacial score (nSPS) is 14.9. The number of piperazine rings is 1. The van der Waals surface area contributed by atoms with Gasteiger partial charge < -0.3 is 19.9 Å². The SMILES string of the molecule is CCCCOC(C)(C)C.CNC(=O)/C(C#N)=C/c1ccc2cc(N3CCN(C)CC3)ccc2c1. The predicted octanol–water partition coefficient (Wildman–Crippen LogP) is 4.85. The molecule has 0 aliphatic carbocycles. The van der Waals surface area contributed by atoms with E-state index in [4.69, 9.17) is 10.00 Å². The molecule has 0 bridgehead atoms. The van der Waals surface area contributed by atoms with Crippen LogP contribution in [0.1, 0.15) is 46.1 Å². The molecule has 0 unspecified atom stereocenters. The van der Waals surface area contributed by atoms with Gasteiger partial charge in [-0.1, -0.05) is 31.5 Å². The third-order valence-corrected chi connectivity index (χ3v) is 5.65. The summed E-state index contributed by atoms with van der Waals surface area (Å²) in [7, 11) is 3.68. The summed E-state index contributed by atoms with van der Waals surface area (Å²) in [4.78, 5) is 16.4. The number of amides is 1. The summed E-state index contributed by atoms with van der Waals surface area (Å²) >= 11 is 0. The first-order valence-electron chi connectivity index (χ1n) is 12.1. The first kappa shape index (κ1) is 27.4. The van der Waals surface area contributed by atoms with Crippen molar-refractivity contribution in [3.05, 3.63) is 47.5 Å². The average Bonchev–Trinajstić information content (AvgIpc) is 2.82. The highest BCUT2D eigenvalue weighted by Crippen LogP contribution is 2.25. The van der Waals surface area contributed by atoms with Gasteiger partial charge in [0.2, 0.25) is 0 Å². The number of nitrogens with one attached hydrogen (secondary N) is 1. The first-order valence-corrected chi connectivity index (χ1v) is 12.1. The van der Waals surface area contributed by atoms with E-state index >= 15 is 0 Å². The largest absolute Gasteiger partial charge is 0.376 e. The number of nitriles is 1. The second-order valence-corrected chi connectivity index (χ2v) is 9.64. The Morgan fingerprint density at radius 2 is 1.76 bits per heavy atom. The average molecular weight is 465 g/mol. The summed E-state index contributed by atoms with van der Waals surface area (Å²) in [5.41, 5.74) is 2.25. The van der Waals surface area contributed by atoms with E-state index in [0.29, 0.717) is 0 Å². The van der Waals surface area contributed by atoms with Crippen molar-refractivity contribution >= 4 is 28.4 Å². The molecule has 0 saturated carbocycles.